The number of ether oxygens (including phenoxy) is 1. The van der Waals surface area contributed by atoms with Gasteiger partial charge in [-0.25, -0.2) is 4.79 Å². The number of hydrogen-bond donors (Lipinski definition) is 3. The summed E-state index contributed by atoms with van der Waals surface area (Å²) in [4.78, 5) is 11.8. The van der Waals surface area contributed by atoms with E-state index in [1.165, 1.54) is 0 Å². The first kappa shape index (κ1) is 18.9. The molecule has 0 saturated carbocycles. The topological polar surface area (TPSA) is 108 Å². The van der Waals surface area contributed by atoms with Gasteiger partial charge in [0.2, 0.25) is 0 Å². The fourth-order valence-electron chi connectivity index (χ4n) is 2.03. The molecule has 0 bridgehead atoms. The van der Waals surface area contributed by atoms with Gasteiger partial charge in [-0.3, -0.25) is 0 Å². The Bertz CT molecular complexity index is 573. The molecule has 6 heteroatoms. The van der Waals surface area contributed by atoms with Gasteiger partial charge in [-0.1, -0.05) is 6.07 Å². The summed E-state index contributed by atoms with van der Waals surface area (Å²) in [6.07, 6.45) is 0.0853. The monoisotopic (exact) mass is 319 g/mol. The molecule has 0 fully saturated rings. The average Bonchev–Trinajstić information content (AvgIpc) is 2.49. The second kappa shape index (κ2) is 8.51. The molecule has 0 spiro atoms. The highest BCUT2D eigenvalue weighted by Gasteiger charge is 2.16. The van der Waals surface area contributed by atoms with Crippen LogP contribution in [0.4, 0.5) is 4.79 Å². The van der Waals surface area contributed by atoms with Crippen LogP contribution in [0.2, 0.25) is 0 Å². The van der Waals surface area contributed by atoms with Crippen LogP contribution < -0.4 is 11.1 Å². The molecular formula is C17H25N3O3. The quantitative estimate of drug-likeness (QED) is 0.741. The molecule has 23 heavy (non-hydrogen) atoms. The van der Waals surface area contributed by atoms with Crippen LogP contribution in [0.3, 0.4) is 0 Å². The summed E-state index contributed by atoms with van der Waals surface area (Å²) in [5.41, 5.74) is 7.17. The number of benzene rings is 1. The highest BCUT2D eigenvalue weighted by atomic mass is 16.6. The second-order valence-corrected chi connectivity index (χ2v) is 6.38. The summed E-state index contributed by atoms with van der Waals surface area (Å²) < 4.78 is 5.20. The van der Waals surface area contributed by atoms with E-state index in [1.54, 1.807) is 32.9 Å². The number of nitrogens with one attached hydrogen (secondary N) is 1. The van der Waals surface area contributed by atoms with Gasteiger partial charge in [0.1, 0.15) is 5.60 Å². The number of rotatable bonds is 6. The molecular weight excluding hydrogens is 294 g/mol. The Morgan fingerprint density at radius 2 is 2.13 bits per heavy atom. The van der Waals surface area contributed by atoms with Gasteiger partial charge in [-0.05, 0) is 56.9 Å². The maximum absolute atomic E-state index is 11.8. The number of nitrogens with two attached hydrogens (primary N) is 1. The number of amides is 1. The smallest absolute Gasteiger partial charge is 0.407 e. The van der Waals surface area contributed by atoms with E-state index < -0.39 is 17.8 Å². The van der Waals surface area contributed by atoms with Gasteiger partial charge in [0, 0.05) is 13.1 Å². The second-order valence-electron chi connectivity index (χ2n) is 6.38. The molecule has 0 heterocycles. The Labute approximate surface area is 137 Å². The van der Waals surface area contributed by atoms with E-state index in [9.17, 15) is 9.90 Å². The van der Waals surface area contributed by atoms with E-state index in [1.807, 2.05) is 6.07 Å². The molecule has 0 radical (unpaired) electrons. The molecule has 1 rings (SSSR count). The molecule has 0 aliphatic rings. The molecule has 6 nitrogen and oxygen atoms in total. The fourth-order valence-corrected chi connectivity index (χ4v) is 2.03. The number of nitriles is 1. The largest absolute Gasteiger partial charge is 0.444 e. The van der Waals surface area contributed by atoms with Crippen LogP contribution in [0.25, 0.3) is 0 Å². The number of carbonyl (C=O) groups is 1. The average molecular weight is 319 g/mol. The molecule has 0 aliphatic carbocycles. The Morgan fingerprint density at radius 1 is 1.43 bits per heavy atom. The molecule has 1 aromatic rings. The summed E-state index contributed by atoms with van der Waals surface area (Å²) in [7, 11) is 0. The van der Waals surface area contributed by atoms with E-state index in [2.05, 4.69) is 11.4 Å². The molecule has 126 valence electrons. The van der Waals surface area contributed by atoms with Crippen LogP contribution in [0.5, 0.6) is 0 Å². The highest BCUT2D eigenvalue weighted by Crippen LogP contribution is 2.15. The maximum Gasteiger partial charge on any atom is 0.407 e. The molecule has 0 aromatic heterocycles. The number of aliphatic hydroxyl groups is 1. The zero-order valence-electron chi connectivity index (χ0n) is 13.9. The number of aliphatic hydroxyl groups excluding tert-OH is 1. The van der Waals surface area contributed by atoms with Crippen molar-refractivity contribution in [3.05, 3.63) is 34.9 Å². The van der Waals surface area contributed by atoms with E-state index in [0.717, 1.165) is 11.1 Å². The van der Waals surface area contributed by atoms with Crippen LogP contribution >= 0.6 is 0 Å². The molecule has 4 N–H and O–H groups in total. The maximum atomic E-state index is 11.8. The zero-order valence-corrected chi connectivity index (χ0v) is 13.9. The van der Waals surface area contributed by atoms with Gasteiger partial charge >= 0.3 is 6.09 Å². The predicted octanol–water partition coefficient (Wildman–Crippen LogP) is 1.84. The van der Waals surface area contributed by atoms with Crippen LogP contribution in [0.1, 0.15) is 43.9 Å². The zero-order chi connectivity index (χ0) is 17.5. The van der Waals surface area contributed by atoms with Crippen LogP contribution in [-0.4, -0.2) is 29.4 Å². The van der Waals surface area contributed by atoms with Crippen LogP contribution in [-0.2, 0) is 17.7 Å². The summed E-state index contributed by atoms with van der Waals surface area (Å²) in [5.74, 6) is 0. The molecule has 1 amide bonds. The lowest BCUT2D eigenvalue weighted by atomic mass is 9.99. The minimum Gasteiger partial charge on any atom is -0.444 e. The van der Waals surface area contributed by atoms with Crippen molar-refractivity contribution in [1.29, 1.82) is 5.26 Å². The summed E-state index contributed by atoms with van der Waals surface area (Å²) in [5, 5.41) is 21.3. The standard InChI is InChI=1S/C17H25N3O3/c1-17(2,3)23-16(22)20-11-14-8-12(9-18)4-5-13(14)6-7-15(21)10-19/h4-5,8,15,21H,6-7,10-11,19H2,1-3H3,(H,20,22)/t15-/m0/s1. The number of nitrogens with zero attached hydrogens (tertiary/aromatic N) is 1. The molecule has 1 aromatic carbocycles. The van der Waals surface area contributed by atoms with E-state index in [0.29, 0.717) is 18.4 Å². The third-order valence-electron chi connectivity index (χ3n) is 3.18. The first-order valence-corrected chi connectivity index (χ1v) is 7.62. The summed E-state index contributed by atoms with van der Waals surface area (Å²) >= 11 is 0. The minimum absolute atomic E-state index is 0.210. The first-order valence-electron chi connectivity index (χ1n) is 7.62. The lowest BCUT2D eigenvalue weighted by Gasteiger charge is -2.20. The third-order valence-corrected chi connectivity index (χ3v) is 3.18. The molecule has 0 unspecified atom stereocenters. The van der Waals surface area contributed by atoms with Crippen molar-refractivity contribution in [2.75, 3.05) is 6.54 Å². The van der Waals surface area contributed by atoms with Crippen molar-refractivity contribution in [1.82, 2.24) is 5.32 Å². The van der Waals surface area contributed by atoms with Crippen molar-refractivity contribution in [2.24, 2.45) is 5.73 Å². The highest BCUT2D eigenvalue weighted by molar-refractivity contribution is 5.67. The molecule has 0 aliphatic heterocycles. The Morgan fingerprint density at radius 3 is 2.70 bits per heavy atom. The summed E-state index contributed by atoms with van der Waals surface area (Å²) in [6, 6.07) is 7.39. The van der Waals surface area contributed by atoms with Crippen molar-refractivity contribution >= 4 is 6.09 Å². The Hall–Kier alpha value is -2.10. The van der Waals surface area contributed by atoms with Crippen LogP contribution in [0, 0.1) is 11.3 Å². The van der Waals surface area contributed by atoms with E-state index >= 15 is 0 Å². The van der Waals surface area contributed by atoms with Crippen molar-refractivity contribution < 1.29 is 14.6 Å². The molecule has 1 atom stereocenters. The third kappa shape index (κ3) is 7.13. The van der Waals surface area contributed by atoms with Gasteiger partial charge in [0.25, 0.3) is 0 Å². The van der Waals surface area contributed by atoms with E-state index in [-0.39, 0.29) is 13.1 Å². The van der Waals surface area contributed by atoms with Gasteiger partial charge in [0.05, 0.1) is 17.7 Å². The van der Waals surface area contributed by atoms with Gasteiger partial charge in [0.15, 0.2) is 0 Å². The lowest BCUT2D eigenvalue weighted by Crippen LogP contribution is -2.32. The SMILES string of the molecule is CC(C)(C)OC(=O)NCc1cc(C#N)ccc1CC[C@H](O)CN. The van der Waals surface area contributed by atoms with Crippen LogP contribution in [0.15, 0.2) is 18.2 Å². The van der Waals surface area contributed by atoms with E-state index in [4.69, 9.17) is 15.7 Å². The van der Waals surface area contributed by atoms with Gasteiger partial charge < -0.3 is 20.9 Å². The van der Waals surface area contributed by atoms with Gasteiger partial charge in [-0.2, -0.15) is 5.26 Å². The van der Waals surface area contributed by atoms with Crippen molar-refractivity contribution in [3.8, 4) is 6.07 Å². The predicted molar refractivity (Wildman–Crippen MR) is 87.6 cm³/mol. The molecule has 0 saturated heterocycles. The van der Waals surface area contributed by atoms with Gasteiger partial charge in [-0.15, -0.1) is 0 Å². The Balaban J connectivity index is 2.77. The first-order chi connectivity index (χ1) is 10.7. The minimum atomic E-state index is -0.563. The number of alkyl carbamates (subject to hydrolysis) is 1. The Kier molecular flexibility index (Phi) is 7.01. The fraction of sp³-hybridized carbons (Fsp3) is 0.529. The number of aryl methyl sites for hydroxylation is 1. The summed E-state index contributed by atoms with van der Waals surface area (Å²) in [6.45, 7) is 5.85. The number of carbonyl (C=O) groups excluding carboxylic acids is 1. The normalized spacial score (nSPS) is 12.3. The van der Waals surface area contributed by atoms with Crippen molar-refractivity contribution in [2.45, 2.75) is 51.9 Å². The van der Waals surface area contributed by atoms with Crippen molar-refractivity contribution in [3.63, 3.8) is 0 Å². The lowest BCUT2D eigenvalue weighted by molar-refractivity contribution is 0.0523. The number of hydrogen-bond acceptors (Lipinski definition) is 5.